The first kappa shape index (κ1) is 15.1. The van der Waals surface area contributed by atoms with Gasteiger partial charge in [-0.25, -0.2) is 4.98 Å². The van der Waals surface area contributed by atoms with E-state index in [0.29, 0.717) is 5.82 Å². The summed E-state index contributed by atoms with van der Waals surface area (Å²) in [4.78, 5) is 24.0. The van der Waals surface area contributed by atoms with Gasteiger partial charge in [0.15, 0.2) is 5.82 Å². The molecule has 7 nitrogen and oxygen atoms in total. The first-order chi connectivity index (χ1) is 10.8. The van der Waals surface area contributed by atoms with Crippen molar-refractivity contribution in [3.8, 4) is 5.88 Å². The van der Waals surface area contributed by atoms with Crippen LogP contribution in [0.4, 0.5) is 11.5 Å². The Hall–Kier alpha value is -1.76. The fraction of sp³-hybridized carbons (Fsp3) is 0.733. The molecule has 0 N–H and O–H groups in total. The van der Waals surface area contributed by atoms with Gasteiger partial charge >= 0.3 is 0 Å². The molecule has 0 spiro atoms. The van der Waals surface area contributed by atoms with Crippen molar-refractivity contribution in [3.05, 3.63) is 11.2 Å². The van der Waals surface area contributed by atoms with E-state index in [2.05, 4.69) is 24.9 Å². The molecular formula is C15H23N5O2. The number of hydrogen-bond donors (Lipinski definition) is 0. The van der Waals surface area contributed by atoms with Crippen molar-refractivity contribution in [2.75, 3.05) is 38.2 Å². The molecule has 3 rings (SSSR count). The summed E-state index contributed by atoms with van der Waals surface area (Å²) >= 11 is 0. The van der Waals surface area contributed by atoms with Crippen molar-refractivity contribution in [3.63, 3.8) is 0 Å². The average Bonchev–Trinajstić information content (AvgIpc) is 2.62. The average molecular weight is 305 g/mol. The normalized spacial score (nSPS) is 20.9. The third kappa shape index (κ3) is 3.04. The molecular weight excluding hydrogens is 282 g/mol. The van der Waals surface area contributed by atoms with Gasteiger partial charge in [0.05, 0.1) is 7.11 Å². The maximum atomic E-state index is 11.1. The van der Waals surface area contributed by atoms with E-state index in [1.807, 2.05) is 0 Å². The Kier molecular flexibility index (Phi) is 4.82. The number of anilines is 1. The molecule has 1 saturated heterocycles. The Morgan fingerprint density at radius 2 is 1.86 bits per heavy atom. The highest BCUT2D eigenvalue weighted by Crippen LogP contribution is 2.34. The number of nitroso groups, excluding NO2 is 1. The first-order valence-electron chi connectivity index (χ1n) is 8.05. The molecule has 2 aliphatic rings. The van der Waals surface area contributed by atoms with Gasteiger partial charge < -0.3 is 9.64 Å². The van der Waals surface area contributed by atoms with Crippen LogP contribution in [0.2, 0.25) is 0 Å². The van der Waals surface area contributed by atoms with Gasteiger partial charge in [0.2, 0.25) is 11.6 Å². The smallest absolute Gasteiger partial charge is 0.248 e. The van der Waals surface area contributed by atoms with Gasteiger partial charge in [0.1, 0.15) is 6.33 Å². The number of ether oxygens (including phenoxy) is 1. The van der Waals surface area contributed by atoms with Crippen molar-refractivity contribution in [2.45, 2.75) is 38.1 Å². The van der Waals surface area contributed by atoms with E-state index in [1.165, 1.54) is 45.5 Å². The SMILES string of the molecule is COc1ncnc(N2CCN(C3CCCCC3)CC2)c1N=O. The third-order valence-corrected chi connectivity index (χ3v) is 4.76. The largest absolute Gasteiger partial charge is 0.479 e. The molecule has 1 aromatic heterocycles. The van der Waals surface area contributed by atoms with E-state index >= 15 is 0 Å². The topological polar surface area (TPSA) is 70.9 Å². The second-order valence-corrected chi connectivity index (χ2v) is 5.96. The minimum atomic E-state index is 0.205. The summed E-state index contributed by atoms with van der Waals surface area (Å²) in [6.07, 6.45) is 8.16. The highest BCUT2D eigenvalue weighted by molar-refractivity contribution is 5.67. The Morgan fingerprint density at radius 3 is 2.50 bits per heavy atom. The lowest BCUT2D eigenvalue weighted by molar-refractivity contribution is 0.147. The Labute approximate surface area is 130 Å². The number of aromatic nitrogens is 2. The van der Waals surface area contributed by atoms with Crippen LogP contribution in [0.15, 0.2) is 11.5 Å². The third-order valence-electron chi connectivity index (χ3n) is 4.76. The lowest BCUT2D eigenvalue weighted by Crippen LogP contribution is -2.51. The van der Waals surface area contributed by atoms with Crippen molar-refractivity contribution < 1.29 is 4.74 Å². The lowest BCUT2D eigenvalue weighted by atomic mass is 9.94. The van der Waals surface area contributed by atoms with Gasteiger partial charge in [-0.2, -0.15) is 4.98 Å². The van der Waals surface area contributed by atoms with Gasteiger partial charge in [0.25, 0.3) is 0 Å². The van der Waals surface area contributed by atoms with Crippen LogP contribution in [0.3, 0.4) is 0 Å². The standard InChI is InChI=1S/C15H23N5O2/c1-22-15-13(18-21)14(16-11-17-15)20-9-7-19(8-10-20)12-5-3-2-4-6-12/h11-12H,2-10H2,1H3. The number of nitrogens with zero attached hydrogens (tertiary/aromatic N) is 5. The summed E-state index contributed by atoms with van der Waals surface area (Å²) in [5, 5.41) is 3.07. The first-order valence-corrected chi connectivity index (χ1v) is 8.05. The van der Waals surface area contributed by atoms with Crippen LogP contribution in [0.1, 0.15) is 32.1 Å². The molecule has 1 saturated carbocycles. The van der Waals surface area contributed by atoms with E-state index in [4.69, 9.17) is 4.74 Å². The Morgan fingerprint density at radius 1 is 1.14 bits per heavy atom. The molecule has 0 amide bonds. The van der Waals surface area contributed by atoms with Crippen molar-refractivity contribution in [1.29, 1.82) is 0 Å². The predicted octanol–water partition coefficient (Wildman–Crippen LogP) is 2.34. The van der Waals surface area contributed by atoms with Crippen LogP contribution >= 0.6 is 0 Å². The van der Waals surface area contributed by atoms with Crippen LogP contribution in [0, 0.1) is 4.91 Å². The van der Waals surface area contributed by atoms with Crippen molar-refractivity contribution >= 4 is 11.5 Å². The van der Waals surface area contributed by atoms with E-state index in [-0.39, 0.29) is 11.6 Å². The molecule has 2 fully saturated rings. The zero-order valence-electron chi connectivity index (χ0n) is 13.1. The minimum absolute atomic E-state index is 0.205. The number of piperazine rings is 1. The summed E-state index contributed by atoms with van der Waals surface area (Å²) in [5.74, 6) is 0.833. The molecule has 2 heterocycles. The number of rotatable bonds is 4. The summed E-state index contributed by atoms with van der Waals surface area (Å²) in [6.45, 7) is 3.74. The monoisotopic (exact) mass is 305 g/mol. The molecule has 0 unspecified atom stereocenters. The molecule has 22 heavy (non-hydrogen) atoms. The molecule has 7 heteroatoms. The molecule has 1 aromatic rings. The van der Waals surface area contributed by atoms with Gasteiger partial charge in [-0.05, 0) is 18.0 Å². The Balaban J connectivity index is 1.67. The highest BCUT2D eigenvalue weighted by atomic mass is 16.5. The maximum absolute atomic E-state index is 11.1. The van der Waals surface area contributed by atoms with E-state index < -0.39 is 0 Å². The Bertz CT molecular complexity index is 511. The summed E-state index contributed by atoms with van der Waals surface area (Å²) < 4.78 is 5.10. The zero-order valence-corrected chi connectivity index (χ0v) is 13.1. The van der Waals surface area contributed by atoms with Crippen LogP contribution in [-0.2, 0) is 0 Å². The van der Waals surface area contributed by atoms with Gasteiger partial charge in [0, 0.05) is 32.2 Å². The van der Waals surface area contributed by atoms with Gasteiger partial charge in [-0.3, -0.25) is 4.90 Å². The molecule has 1 aliphatic heterocycles. The summed E-state index contributed by atoms with van der Waals surface area (Å²) in [7, 11) is 1.49. The molecule has 120 valence electrons. The van der Waals surface area contributed by atoms with Crippen molar-refractivity contribution in [1.82, 2.24) is 14.9 Å². The second kappa shape index (κ2) is 7.00. The number of methoxy groups -OCH3 is 1. The molecule has 0 aromatic carbocycles. The fourth-order valence-corrected chi connectivity index (χ4v) is 3.56. The molecule has 0 radical (unpaired) electrons. The maximum Gasteiger partial charge on any atom is 0.248 e. The second-order valence-electron chi connectivity index (χ2n) is 5.96. The minimum Gasteiger partial charge on any atom is -0.479 e. The number of hydrogen-bond acceptors (Lipinski definition) is 7. The van der Waals surface area contributed by atoms with Crippen LogP contribution < -0.4 is 9.64 Å². The van der Waals surface area contributed by atoms with E-state index in [9.17, 15) is 4.91 Å². The van der Waals surface area contributed by atoms with E-state index in [1.54, 1.807) is 0 Å². The molecule has 0 bridgehead atoms. The quantitative estimate of drug-likeness (QED) is 0.795. The molecule has 0 atom stereocenters. The van der Waals surface area contributed by atoms with Crippen LogP contribution in [0.5, 0.6) is 5.88 Å². The zero-order chi connectivity index (χ0) is 15.4. The summed E-state index contributed by atoms with van der Waals surface area (Å²) in [6, 6.07) is 0.736. The van der Waals surface area contributed by atoms with Crippen LogP contribution in [-0.4, -0.2) is 54.2 Å². The predicted molar refractivity (Wildman–Crippen MR) is 84.7 cm³/mol. The van der Waals surface area contributed by atoms with Gasteiger partial charge in [-0.15, -0.1) is 4.91 Å². The highest BCUT2D eigenvalue weighted by Gasteiger charge is 2.27. The van der Waals surface area contributed by atoms with Crippen molar-refractivity contribution in [2.24, 2.45) is 5.18 Å². The molecule has 1 aliphatic carbocycles. The fourth-order valence-electron chi connectivity index (χ4n) is 3.56. The lowest BCUT2D eigenvalue weighted by Gasteiger charge is -2.41. The summed E-state index contributed by atoms with van der Waals surface area (Å²) in [5.41, 5.74) is 0.205. The van der Waals surface area contributed by atoms with E-state index in [0.717, 1.165) is 32.2 Å². The van der Waals surface area contributed by atoms with Crippen LogP contribution in [0.25, 0.3) is 0 Å². The van der Waals surface area contributed by atoms with Gasteiger partial charge in [-0.1, -0.05) is 19.3 Å².